The van der Waals surface area contributed by atoms with E-state index in [1.54, 1.807) is 18.2 Å². The summed E-state index contributed by atoms with van der Waals surface area (Å²) in [5, 5.41) is 0. The van der Waals surface area contributed by atoms with Gasteiger partial charge in [-0.3, -0.25) is 0 Å². The van der Waals surface area contributed by atoms with Crippen molar-refractivity contribution >= 4 is 10.0 Å². The van der Waals surface area contributed by atoms with Crippen LogP contribution in [0.5, 0.6) is 11.5 Å². The molecule has 0 aliphatic carbocycles. The molecule has 5 nitrogen and oxygen atoms in total. The Morgan fingerprint density at radius 2 is 1.72 bits per heavy atom. The van der Waals surface area contributed by atoms with Gasteiger partial charge in [0.1, 0.15) is 13.2 Å². The fourth-order valence-corrected chi connectivity index (χ4v) is 3.69. The second-order valence-electron chi connectivity index (χ2n) is 5.26. The zero-order valence-corrected chi connectivity index (χ0v) is 13.7. The largest absolute Gasteiger partial charge is 0.486 e. The van der Waals surface area contributed by atoms with Gasteiger partial charge in [0.15, 0.2) is 11.5 Å². The Morgan fingerprint density at radius 3 is 2.48 bits per heavy atom. The standard InChI is InChI=1S/C16H14F3NO4S/c17-16(18,19)12-5-1-2-7-14(12)25(21,22)20-10-11-4-3-6-13-15(11)24-9-8-23-13/h1-7,20H,8-10H2. The molecule has 1 aliphatic heterocycles. The molecule has 0 radical (unpaired) electrons. The van der Waals surface area contributed by atoms with Gasteiger partial charge in [-0.05, 0) is 18.2 Å². The highest BCUT2D eigenvalue weighted by Crippen LogP contribution is 2.35. The molecule has 0 spiro atoms. The molecule has 9 heteroatoms. The maximum Gasteiger partial charge on any atom is 0.417 e. The summed E-state index contributed by atoms with van der Waals surface area (Å²) in [5.41, 5.74) is -0.734. The number of halogens is 3. The van der Waals surface area contributed by atoms with Gasteiger partial charge in [0, 0.05) is 12.1 Å². The van der Waals surface area contributed by atoms with E-state index in [0.717, 1.165) is 18.2 Å². The van der Waals surface area contributed by atoms with Crippen LogP contribution in [0.1, 0.15) is 11.1 Å². The fourth-order valence-electron chi connectivity index (χ4n) is 2.46. The van der Waals surface area contributed by atoms with E-state index >= 15 is 0 Å². The third kappa shape index (κ3) is 3.72. The first kappa shape index (κ1) is 17.6. The number of alkyl halides is 3. The van der Waals surface area contributed by atoms with Crippen molar-refractivity contribution in [3.8, 4) is 11.5 Å². The number of nitrogens with one attached hydrogen (secondary N) is 1. The van der Waals surface area contributed by atoms with Crippen molar-refractivity contribution in [3.05, 3.63) is 53.6 Å². The number of ether oxygens (including phenoxy) is 2. The number of para-hydroxylation sites is 1. The molecule has 134 valence electrons. The lowest BCUT2D eigenvalue weighted by atomic mass is 10.2. The minimum Gasteiger partial charge on any atom is -0.486 e. The molecule has 1 aliphatic rings. The average molecular weight is 373 g/mol. The number of hydrogen-bond donors (Lipinski definition) is 1. The van der Waals surface area contributed by atoms with E-state index < -0.39 is 26.7 Å². The summed E-state index contributed by atoms with van der Waals surface area (Å²) < 4.78 is 76.9. The Hall–Kier alpha value is -2.26. The van der Waals surface area contributed by atoms with Crippen molar-refractivity contribution in [2.45, 2.75) is 17.6 Å². The lowest BCUT2D eigenvalue weighted by Crippen LogP contribution is -2.27. The normalized spacial score (nSPS) is 14.4. The molecule has 0 amide bonds. The highest BCUT2D eigenvalue weighted by atomic mass is 32.2. The van der Waals surface area contributed by atoms with Crippen LogP contribution in [0.4, 0.5) is 13.2 Å². The summed E-state index contributed by atoms with van der Waals surface area (Å²) in [6.07, 6.45) is -4.77. The summed E-state index contributed by atoms with van der Waals surface area (Å²) in [7, 11) is -4.37. The van der Waals surface area contributed by atoms with Gasteiger partial charge < -0.3 is 9.47 Å². The van der Waals surface area contributed by atoms with Gasteiger partial charge in [-0.1, -0.05) is 24.3 Å². The molecule has 1 N–H and O–H groups in total. The number of hydrogen-bond acceptors (Lipinski definition) is 4. The number of fused-ring (bicyclic) bond motifs is 1. The molecule has 0 bridgehead atoms. The van der Waals surface area contributed by atoms with Crippen molar-refractivity contribution in [2.24, 2.45) is 0 Å². The second kappa shape index (κ2) is 6.57. The van der Waals surface area contributed by atoms with Crippen molar-refractivity contribution in [3.63, 3.8) is 0 Å². The van der Waals surface area contributed by atoms with Gasteiger partial charge in [-0.15, -0.1) is 0 Å². The van der Waals surface area contributed by atoms with Crippen LogP contribution in [0.3, 0.4) is 0 Å². The maximum absolute atomic E-state index is 13.0. The van der Waals surface area contributed by atoms with Crippen LogP contribution in [0.15, 0.2) is 47.4 Å². The fraction of sp³-hybridized carbons (Fsp3) is 0.250. The molecular weight excluding hydrogens is 359 g/mol. The lowest BCUT2D eigenvalue weighted by Gasteiger charge is -2.21. The van der Waals surface area contributed by atoms with Crippen LogP contribution < -0.4 is 14.2 Å². The Labute approximate surface area is 142 Å². The van der Waals surface area contributed by atoms with E-state index in [9.17, 15) is 21.6 Å². The SMILES string of the molecule is O=S(=O)(NCc1cccc2c1OCCO2)c1ccccc1C(F)(F)F. The Kier molecular flexibility index (Phi) is 4.61. The smallest absolute Gasteiger partial charge is 0.417 e. The molecule has 0 saturated heterocycles. The number of rotatable bonds is 4. The van der Waals surface area contributed by atoms with E-state index in [-0.39, 0.29) is 6.54 Å². The Bertz CT molecular complexity index is 881. The van der Waals surface area contributed by atoms with Crippen molar-refractivity contribution in [1.29, 1.82) is 0 Å². The van der Waals surface area contributed by atoms with Gasteiger partial charge in [0.25, 0.3) is 0 Å². The van der Waals surface area contributed by atoms with Gasteiger partial charge in [-0.2, -0.15) is 13.2 Å². The van der Waals surface area contributed by atoms with E-state index in [1.165, 1.54) is 6.07 Å². The number of benzene rings is 2. The quantitative estimate of drug-likeness (QED) is 0.895. The minimum atomic E-state index is -4.77. The summed E-state index contributed by atoms with van der Waals surface area (Å²) in [5.74, 6) is 0.860. The molecule has 0 saturated carbocycles. The summed E-state index contributed by atoms with van der Waals surface area (Å²) in [4.78, 5) is -0.815. The van der Waals surface area contributed by atoms with Gasteiger partial charge in [0.2, 0.25) is 10.0 Å². The summed E-state index contributed by atoms with van der Waals surface area (Å²) >= 11 is 0. The first-order valence-corrected chi connectivity index (χ1v) is 8.81. The third-order valence-electron chi connectivity index (χ3n) is 3.58. The molecule has 0 unspecified atom stereocenters. The molecule has 2 aromatic carbocycles. The van der Waals surface area contributed by atoms with Crippen LogP contribution in [0.2, 0.25) is 0 Å². The average Bonchev–Trinajstić information content (AvgIpc) is 2.59. The second-order valence-corrected chi connectivity index (χ2v) is 7.00. The maximum atomic E-state index is 13.0. The van der Waals surface area contributed by atoms with Crippen molar-refractivity contribution < 1.29 is 31.1 Å². The van der Waals surface area contributed by atoms with Gasteiger partial charge in [-0.25, -0.2) is 13.1 Å². The molecule has 2 aromatic rings. The lowest BCUT2D eigenvalue weighted by molar-refractivity contribution is -0.139. The van der Waals surface area contributed by atoms with Crippen LogP contribution in [-0.2, 0) is 22.7 Å². The highest BCUT2D eigenvalue weighted by Gasteiger charge is 2.36. The molecule has 3 rings (SSSR count). The van der Waals surface area contributed by atoms with E-state index in [4.69, 9.17) is 9.47 Å². The first-order valence-electron chi connectivity index (χ1n) is 7.32. The summed E-state index contributed by atoms with van der Waals surface area (Å²) in [6.45, 7) is 0.468. The molecule has 1 heterocycles. The van der Waals surface area contributed by atoms with Crippen LogP contribution in [-0.4, -0.2) is 21.6 Å². The topological polar surface area (TPSA) is 64.6 Å². The molecule has 0 fully saturated rings. The van der Waals surface area contributed by atoms with Crippen LogP contribution in [0.25, 0.3) is 0 Å². The zero-order valence-electron chi connectivity index (χ0n) is 12.8. The van der Waals surface area contributed by atoms with Crippen LogP contribution in [0, 0.1) is 0 Å². The first-order chi connectivity index (χ1) is 11.8. The molecule has 25 heavy (non-hydrogen) atoms. The Morgan fingerprint density at radius 1 is 1.00 bits per heavy atom. The van der Waals surface area contributed by atoms with Gasteiger partial charge >= 0.3 is 6.18 Å². The summed E-state index contributed by atoms with van der Waals surface area (Å²) in [6, 6.07) is 8.98. The third-order valence-corrected chi connectivity index (χ3v) is 5.04. The van der Waals surface area contributed by atoms with E-state index in [2.05, 4.69) is 4.72 Å². The monoisotopic (exact) mass is 373 g/mol. The predicted molar refractivity (Wildman–Crippen MR) is 82.9 cm³/mol. The minimum absolute atomic E-state index is 0.221. The van der Waals surface area contributed by atoms with Crippen molar-refractivity contribution in [2.75, 3.05) is 13.2 Å². The highest BCUT2D eigenvalue weighted by molar-refractivity contribution is 7.89. The molecular formula is C16H14F3NO4S. The molecule has 0 aromatic heterocycles. The van der Waals surface area contributed by atoms with Crippen molar-refractivity contribution in [1.82, 2.24) is 4.72 Å². The zero-order chi connectivity index (χ0) is 18.1. The Balaban J connectivity index is 1.87. The van der Waals surface area contributed by atoms with Gasteiger partial charge in [0.05, 0.1) is 10.5 Å². The number of sulfonamides is 1. The van der Waals surface area contributed by atoms with Crippen LogP contribution >= 0.6 is 0 Å². The predicted octanol–water partition coefficient (Wildman–Crippen LogP) is 2.96. The van der Waals surface area contributed by atoms with E-state index in [0.29, 0.717) is 30.3 Å². The van der Waals surface area contributed by atoms with E-state index in [1.807, 2.05) is 0 Å². The molecule has 0 atom stereocenters.